The summed E-state index contributed by atoms with van der Waals surface area (Å²) in [5.41, 5.74) is 1.99. The summed E-state index contributed by atoms with van der Waals surface area (Å²) in [5, 5.41) is 9.07. The zero-order valence-corrected chi connectivity index (χ0v) is 14.9. The molecule has 0 amide bonds. The van der Waals surface area contributed by atoms with E-state index in [0.29, 0.717) is 24.2 Å². The summed E-state index contributed by atoms with van der Waals surface area (Å²) < 4.78 is 0. The number of hydrogen-bond acceptors (Lipinski definition) is 2. The lowest BCUT2D eigenvalue weighted by Gasteiger charge is -2.59. The van der Waals surface area contributed by atoms with Gasteiger partial charge in [-0.05, 0) is 54.3 Å². The summed E-state index contributed by atoms with van der Waals surface area (Å²) in [7, 11) is 0. The molecule has 128 valence electrons. The van der Waals surface area contributed by atoms with Crippen LogP contribution in [0.15, 0.2) is 11.6 Å². The van der Waals surface area contributed by atoms with Crippen LogP contribution in [0.1, 0.15) is 66.2 Å². The Bertz CT molecular complexity index is 559. The fourth-order valence-corrected chi connectivity index (χ4v) is 5.88. The van der Waals surface area contributed by atoms with Crippen molar-refractivity contribution in [3.8, 4) is 0 Å². The maximum absolute atomic E-state index is 12.6. The third-order valence-electron chi connectivity index (χ3n) is 7.32. The average molecular weight is 318 g/mol. The van der Waals surface area contributed by atoms with Gasteiger partial charge in [0.1, 0.15) is 5.78 Å². The van der Waals surface area contributed by atoms with E-state index in [1.54, 1.807) is 12.5 Å². The summed E-state index contributed by atoms with van der Waals surface area (Å²) in [4.78, 5) is 23.6. The molecular formula is C20H30O3. The number of rotatable bonds is 5. The van der Waals surface area contributed by atoms with Crippen LogP contribution in [0.25, 0.3) is 0 Å². The highest BCUT2D eigenvalue weighted by atomic mass is 16.4. The molecule has 0 aromatic carbocycles. The Morgan fingerprint density at radius 1 is 1.30 bits per heavy atom. The van der Waals surface area contributed by atoms with Crippen molar-refractivity contribution in [2.24, 2.45) is 34.5 Å². The van der Waals surface area contributed by atoms with Gasteiger partial charge in [-0.2, -0.15) is 0 Å². The van der Waals surface area contributed by atoms with Crippen LogP contribution in [0.3, 0.4) is 0 Å². The van der Waals surface area contributed by atoms with Gasteiger partial charge in [0.05, 0.1) is 5.92 Å². The molecule has 4 rings (SSSR count). The second kappa shape index (κ2) is 5.46. The van der Waals surface area contributed by atoms with Gasteiger partial charge in [0.25, 0.3) is 0 Å². The molecule has 4 aliphatic carbocycles. The van der Waals surface area contributed by atoms with Crippen LogP contribution < -0.4 is 0 Å². The van der Waals surface area contributed by atoms with Gasteiger partial charge in [0.2, 0.25) is 0 Å². The van der Waals surface area contributed by atoms with Crippen LogP contribution in [0, 0.1) is 34.5 Å². The Kier molecular flexibility index (Phi) is 3.97. The number of aliphatic carboxylic acids is 1. The Labute approximate surface area is 139 Å². The number of carboxylic acid groups (broad SMARTS) is 1. The number of carboxylic acids is 1. The van der Waals surface area contributed by atoms with Gasteiger partial charge in [-0.1, -0.05) is 39.3 Å². The molecule has 3 heteroatoms. The molecule has 4 aliphatic rings. The van der Waals surface area contributed by atoms with Crippen LogP contribution in [-0.2, 0) is 9.59 Å². The van der Waals surface area contributed by atoms with E-state index in [2.05, 4.69) is 26.8 Å². The van der Waals surface area contributed by atoms with Gasteiger partial charge in [0.15, 0.2) is 0 Å². The Morgan fingerprint density at radius 3 is 2.61 bits per heavy atom. The second-order valence-corrected chi connectivity index (χ2v) is 8.92. The van der Waals surface area contributed by atoms with Gasteiger partial charge in [-0.3, -0.25) is 9.59 Å². The Balaban J connectivity index is 1.85. The number of allylic oxidation sites excluding steroid dienone is 2. The van der Waals surface area contributed by atoms with Crippen LogP contribution in [0.4, 0.5) is 0 Å². The van der Waals surface area contributed by atoms with E-state index in [4.69, 9.17) is 5.11 Å². The molecule has 0 radical (unpaired) electrons. The molecule has 2 bridgehead atoms. The van der Waals surface area contributed by atoms with E-state index >= 15 is 0 Å². The van der Waals surface area contributed by atoms with Crippen LogP contribution >= 0.6 is 0 Å². The second-order valence-electron chi connectivity index (χ2n) is 8.92. The summed E-state index contributed by atoms with van der Waals surface area (Å²) in [6, 6.07) is 0. The highest BCUT2D eigenvalue weighted by molar-refractivity contribution is 5.84. The maximum atomic E-state index is 12.6. The molecule has 23 heavy (non-hydrogen) atoms. The Hall–Kier alpha value is -1.12. The van der Waals surface area contributed by atoms with E-state index in [1.807, 2.05) is 0 Å². The van der Waals surface area contributed by atoms with Crippen LogP contribution in [0.2, 0.25) is 0 Å². The normalized spacial score (nSPS) is 38.8. The topological polar surface area (TPSA) is 54.4 Å². The summed E-state index contributed by atoms with van der Waals surface area (Å²) in [6.45, 7) is 8.63. The van der Waals surface area contributed by atoms with E-state index in [-0.39, 0.29) is 23.0 Å². The van der Waals surface area contributed by atoms with Gasteiger partial charge < -0.3 is 5.11 Å². The highest BCUT2D eigenvalue weighted by Crippen LogP contribution is 2.69. The predicted molar refractivity (Wildman–Crippen MR) is 89.9 cm³/mol. The van der Waals surface area contributed by atoms with Crippen molar-refractivity contribution in [2.75, 3.05) is 0 Å². The third-order valence-corrected chi connectivity index (χ3v) is 7.32. The van der Waals surface area contributed by atoms with Crippen molar-refractivity contribution < 1.29 is 14.7 Å². The van der Waals surface area contributed by atoms with E-state index in [1.165, 1.54) is 25.7 Å². The van der Waals surface area contributed by atoms with Crippen LogP contribution in [0.5, 0.6) is 0 Å². The van der Waals surface area contributed by atoms with E-state index in [9.17, 15) is 9.59 Å². The lowest BCUT2D eigenvalue weighted by molar-refractivity contribution is -0.143. The first-order valence-corrected chi connectivity index (χ1v) is 9.15. The van der Waals surface area contributed by atoms with Crippen molar-refractivity contribution >= 4 is 11.8 Å². The number of carbonyl (C=O) groups is 2. The molecule has 1 spiro atoms. The first-order valence-electron chi connectivity index (χ1n) is 9.15. The molecule has 0 aliphatic heterocycles. The quantitative estimate of drug-likeness (QED) is 0.761. The van der Waals surface area contributed by atoms with Crippen molar-refractivity contribution in [3.05, 3.63) is 11.6 Å². The number of fused-ring (bicyclic) bond motifs is 2. The molecule has 0 aromatic rings. The lowest BCUT2D eigenvalue weighted by Crippen LogP contribution is -2.52. The number of carbonyl (C=O) groups excluding carboxylic acids is 1. The van der Waals surface area contributed by atoms with Crippen LogP contribution in [-0.4, -0.2) is 16.9 Å². The number of ketones is 1. The first-order chi connectivity index (χ1) is 10.7. The average Bonchev–Trinajstić information content (AvgIpc) is 2.81. The number of hydrogen-bond donors (Lipinski definition) is 1. The maximum Gasteiger partial charge on any atom is 0.306 e. The van der Waals surface area contributed by atoms with Crippen molar-refractivity contribution in [1.29, 1.82) is 0 Å². The number of Topliss-reactive ketones (excluding diaryl/α,β-unsaturated/α-hetero) is 1. The largest absolute Gasteiger partial charge is 0.481 e. The minimum atomic E-state index is -0.865. The van der Waals surface area contributed by atoms with Gasteiger partial charge in [0, 0.05) is 12.8 Å². The molecular weight excluding hydrogens is 288 g/mol. The van der Waals surface area contributed by atoms with E-state index < -0.39 is 11.9 Å². The third kappa shape index (κ3) is 2.47. The van der Waals surface area contributed by atoms with Crippen molar-refractivity contribution in [1.82, 2.24) is 0 Å². The zero-order valence-electron chi connectivity index (χ0n) is 14.9. The minimum absolute atomic E-state index is 0.138. The van der Waals surface area contributed by atoms with Gasteiger partial charge in [-0.15, -0.1) is 0 Å². The predicted octanol–water partition coefficient (Wildman–Crippen LogP) is 4.47. The summed E-state index contributed by atoms with van der Waals surface area (Å²) in [5.74, 6) is 0.322. The molecule has 3 nitrogen and oxygen atoms in total. The Morgan fingerprint density at radius 2 is 1.96 bits per heavy atom. The fraction of sp³-hybridized carbons (Fsp3) is 0.800. The first kappa shape index (κ1) is 16.7. The monoisotopic (exact) mass is 318 g/mol. The standard InChI is InChI=1S/C20H30O3/c1-12-5-7-20-8-6-14(10-16(12)20)19(3,4)17(20)11-15(21)9-13(2)18(22)23/h10,12-14,17H,5-9,11H2,1-4H3,(H,22,23). The highest BCUT2D eigenvalue weighted by Gasteiger charge is 2.60. The molecule has 0 saturated heterocycles. The molecule has 1 N–H and O–H groups in total. The molecule has 0 aromatic heterocycles. The SMILES string of the molecule is CC(CC(=O)CC1C23CCC(C)C2=CC(CC3)C1(C)C)C(=O)O. The van der Waals surface area contributed by atoms with Crippen molar-refractivity contribution in [2.45, 2.75) is 66.2 Å². The van der Waals surface area contributed by atoms with Crippen molar-refractivity contribution in [3.63, 3.8) is 0 Å². The molecule has 2 fully saturated rings. The fourth-order valence-electron chi connectivity index (χ4n) is 5.88. The zero-order chi connectivity index (χ0) is 17.0. The summed E-state index contributed by atoms with van der Waals surface area (Å²) in [6.07, 6.45) is 8.21. The molecule has 0 heterocycles. The van der Waals surface area contributed by atoms with Gasteiger partial charge >= 0.3 is 5.97 Å². The molecule has 2 saturated carbocycles. The molecule has 5 atom stereocenters. The minimum Gasteiger partial charge on any atom is -0.481 e. The lowest BCUT2D eigenvalue weighted by atomic mass is 9.45. The molecule has 5 unspecified atom stereocenters. The summed E-state index contributed by atoms with van der Waals surface area (Å²) >= 11 is 0. The van der Waals surface area contributed by atoms with E-state index in [0.717, 1.165) is 0 Å². The smallest absolute Gasteiger partial charge is 0.306 e. The van der Waals surface area contributed by atoms with Gasteiger partial charge in [-0.25, -0.2) is 0 Å².